The van der Waals surface area contributed by atoms with Crippen LogP contribution in [0.2, 0.25) is 0 Å². The number of nitrogens with zero attached hydrogens (tertiary/aromatic N) is 4. The first-order valence-corrected chi connectivity index (χ1v) is 3.56. The molecule has 0 radical (unpaired) electrons. The largest absolute Gasteiger partial charge is 0.296 e. The minimum atomic E-state index is 0.309. The SMILES string of the molecule is O=Cc1ncccc1-c1nn[nH]n1. The molecular formula is C7H5N5O. The van der Waals surface area contributed by atoms with Crippen LogP contribution in [0.25, 0.3) is 11.4 Å². The molecule has 2 aromatic heterocycles. The molecule has 0 saturated carbocycles. The molecule has 0 aliphatic carbocycles. The molecule has 64 valence electrons. The Morgan fingerprint density at radius 1 is 1.46 bits per heavy atom. The van der Waals surface area contributed by atoms with E-state index in [2.05, 4.69) is 25.6 Å². The molecule has 0 saturated heterocycles. The number of hydrogen-bond acceptors (Lipinski definition) is 5. The molecule has 0 amide bonds. The van der Waals surface area contributed by atoms with Crippen molar-refractivity contribution in [2.75, 3.05) is 0 Å². The summed E-state index contributed by atoms with van der Waals surface area (Å²) in [5.74, 6) is 0.371. The number of aldehydes is 1. The summed E-state index contributed by atoms with van der Waals surface area (Å²) < 4.78 is 0. The monoisotopic (exact) mass is 175 g/mol. The maximum absolute atomic E-state index is 10.6. The minimum absolute atomic E-state index is 0.309. The number of carbonyl (C=O) groups is 1. The normalized spacial score (nSPS) is 9.85. The molecule has 2 rings (SSSR count). The maximum atomic E-state index is 10.6. The van der Waals surface area contributed by atoms with Gasteiger partial charge in [0.1, 0.15) is 5.69 Å². The van der Waals surface area contributed by atoms with E-state index in [1.165, 1.54) is 6.20 Å². The number of hydrogen-bond donors (Lipinski definition) is 1. The molecule has 0 aliphatic heterocycles. The van der Waals surface area contributed by atoms with Crippen molar-refractivity contribution >= 4 is 6.29 Å². The Hall–Kier alpha value is -2.11. The molecule has 1 N–H and O–H groups in total. The van der Waals surface area contributed by atoms with E-state index in [0.717, 1.165) is 0 Å². The van der Waals surface area contributed by atoms with Gasteiger partial charge in [-0.1, -0.05) is 0 Å². The van der Waals surface area contributed by atoms with E-state index in [-0.39, 0.29) is 0 Å². The fourth-order valence-electron chi connectivity index (χ4n) is 0.976. The van der Waals surface area contributed by atoms with Gasteiger partial charge < -0.3 is 0 Å². The van der Waals surface area contributed by atoms with Crippen molar-refractivity contribution in [1.29, 1.82) is 0 Å². The first-order chi connectivity index (χ1) is 6.42. The quantitative estimate of drug-likeness (QED) is 0.653. The summed E-state index contributed by atoms with van der Waals surface area (Å²) in [5, 5.41) is 13.2. The topological polar surface area (TPSA) is 84.4 Å². The molecule has 2 heterocycles. The van der Waals surface area contributed by atoms with Crippen LogP contribution in [-0.2, 0) is 0 Å². The van der Waals surface area contributed by atoms with Gasteiger partial charge in [-0.3, -0.25) is 9.78 Å². The Kier molecular flexibility index (Phi) is 1.79. The van der Waals surface area contributed by atoms with Crippen LogP contribution >= 0.6 is 0 Å². The van der Waals surface area contributed by atoms with E-state index < -0.39 is 0 Å². The predicted octanol–water partition coefficient (Wildman–Crippen LogP) is 0.0742. The summed E-state index contributed by atoms with van der Waals surface area (Å²) in [7, 11) is 0. The highest BCUT2D eigenvalue weighted by molar-refractivity contribution is 5.82. The third kappa shape index (κ3) is 1.28. The lowest BCUT2D eigenvalue weighted by Gasteiger charge is -1.95. The van der Waals surface area contributed by atoms with Crippen molar-refractivity contribution < 1.29 is 4.79 Å². The van der Waals surface area contributed by atoms with Gasteiger partial charge in [0.2, 0.25) is 5.82 Å². The van der Waals surface area contributed by atoms with Crippen molar-refractivity contribution in [3.8, 4) is 11.4 Å². The average molecular weight is 175 g/mol. The molecule has 0 bridgehead atoms. The highest BCUT2D eigenvalue weighted by atomic mass is 16.1. The number of H-pyrrole nitrogens is 1. The zero-order valence-electron chi connectivity index (χ0n) is 6.51. The van der Waals surface area contributed by atoms with Crippen LogP contribution in [0.15, 0.2) is 18.3 Å². The fraction of sp³-hybridized carbons (Fsp3) is 0. The van der Waals surface area contributed by atoms with Crippen LogP contribution in [0.1, 0.15) is 10.5 Å². The molecule has 0 spiro atoms. The van der Waals surface area contributed by atoms with Crippen molar-refractivity contribution in [2.45, 2.75) is 0 Å². The van der Waals surface area contributed by atoms with Crippen molar-refractivity contribution in [3.63, 3.8) is 0 Å². The number of carbonyl (C=O) groups excluding carboxylic acids is 1. The summed E-state index contributed by atoms with van der Waals surface area (Å²) in [5.41, 5.74) is 0.884. The van der Waals surface area contributed by atoms with E-state index in [1.54, 1.807) is 12.1 Å². The molecule has 13 heavy (non-hydrogen) atoms. The Morgan fingerprint density at radius 3 is 3.08 bits per heavy atom. The van der Waals surface area contributed by atoms with Gasteiger partial charge in [0, 0.05) is 6.20 Å². The Labute approximate surface area is 73.0 Å². The molecule has 0 aliphatic rings. The summed E-state index contributed by atoms with van der Waals surface area (Å²) in [6.07, 6.45) is 2.19. The highest BCUT2D eigenvalue weighted by Crippen LogP contribution is 2.14. The zero-order valence-corrected chi connectivity index (χ0v) is 6.51. The first-order valence-electron chi connectivity index (χ1n) is 3.56. The molecule has 0 aromatic carbocycles. The van der Waals surface area contributed by atoms with Gasteiger partial charge in [0.25, 0.3) is 0 Å². The summed E-state index contributed by atoms with van der Waals surface area (Å²) in [6.45, 7) is 0. The number of rotatable bonds is 2. The van der Waals surface area contributed by atoms with Crippen LogP contribution in [0.4, 0.5) is 0 Å². The lowest BCUT2D eigenvalue weighted by atomic mass is 10.2. The molecule has 0 atom stereocenters. The van der Waals surface area contributed by atoms with Crippen molar-refractivity contribution in [3.05, 3.63) is 24.0 Å². The second-order valence-electron chi connectivity index (χ2n) is 2.29. The van der Waals surface area contributed by atoms with Gasteiger partial charge in [-0.05, 0) is 17.3 Å². The Balaban J connectivity index is 2.57. The third-order valence-corrected chi connectivity index (χ3v) is 1.54. The summed E-state index contributed by atoms with van der Waals surface area (Å²) in [4.78, 5) is 14.4. The van der Waals surface area contributed by atoms with Crippen LogP contribution < -0.4 is 0 Å². The highest BCUT2D eigenvalue weighted by Gasteiger charge is 2.08. The predicted molar refractivity (Wildman–Crippen MR) is 42.8 cm³/mol. The maximum Gasteiger partial charge on any atom is 0.206 e. The lowest BCUT2D eigenvalue weighted by molar-refractivity contribution is 0.111. The molecule has 0 fully saturated rings. The molecular weight excluding hydrogens is 170 g/mol. The second kappa shape index (κ2) is 3.10. The molecule has 6 heteroatoms. The second-order valence-corrected chi connectivity index (χ2v) is 2.29. The van der Waals surface area contributed by atoms with Crippen molar-refractivity contribution in [2.24, 2.45) is 0 Å². The Bertz CT molecular complexity index is 411. The molecule has 0 unspecified atom stereocenters. The number of tetrazole rings is 1. The number of nitrogens with one attached hydrogen (secondary N) is 1. The van der Waals surface area contributed by atoms with Gasteiger partial charge in [0.15, 0.2) is 6.29 Å². The van der Waals surface area contributed by atoms with Crippen LogP contribution in [0.3, 0.4) is 0 Å². The van der Waals surface area contributed by atoms with E-state index in [4.69, 9.17) is 0 Å². The molecule has 6 nitrogen and oxygen atoms in total. The van der Waals surface area contributed by atoms with E-state index in [9.17, 15) is 4.79 Å². The van der Waals surface area contributed by atoms with Crippen LogP contribution in [0, 0.1) is 0 Å². The van der Waals surface area contributed by atoms with E-state index in [1.807, 2.05) is 0 Å². The summed E-state index contributed by atoms with van der Waals surface area (Å²) in [6, 6.07) is 3.42. The third-order valence-electron chi connectivity index (χ3n) is 1.54. The first kappa shape index (κ1) is 7.53. The zero-order chi connectivity index (χ0) is 9.10. The van der Waals surface area contributed by atoms with Gasteiger partial charge in [0.05, 0.1) is 5.56 Å². The van der Waals surface area contributed by atoms with Crippen molar-refractivity contribution in [1.82, 2.24) is 25.6 Å². The summed E-state index contributed by atoms with van der Waals surface area (Å²) >= 11 is 0. The number of aromatic nitrogens is 5. The number of aromatic amines is 1. The molecule has 2 aromatic rings. The van der Waals surface area contributed by atoms with Gasteiger partial charge in [-0.25, -0.2) is 0 Å². The smallest absolute Gasteiger partial charge is 0.206 e. The van der Waals surface area contributed by atoms with Gasteiger partial charge >= 0.3 is 0 Å². The minimum Gasteiger partial charge on any atom is -0.296 e. The van der Waals surface area contributed by atoms with Gasteiger partial charge in [-0.2, -0.15) is 5.21 Å². The van der Waals surface area contributed by atoms with Gasteiger partial charge in [-0.15, -0.1) is 10.2 Å². The number of pyridine rings is 1. The standard InChI is InChI=1S/C7H5N5O/c13-4-6-5(2-1-3-8-6)7-9-11-12-10-7/h1-4H,(H,9,10,11,12). The van der Waals surface area contributed by atoms with E-state index in [0.29, 0.717) is 23.4 Å². The van der Waals surface area contributed by atoms with Crippen LogP contribution in [-0.4, -0.2) is 31.9 Å². The lowest BCUT2D eigenvalue weighted by Crippen LogP contribution is -1.92. The fourth-order valence-corrected chi connectivity index (χ4v) is 0.976. The van der Waals surface area contributed by atoms with E-state index >= 15 is 0 Å². The average Bonchev–Trinajstić information content (AvgIpc) is 2.70. The Morgan fingerprint density at radius 2 is 2.38 bits per heavy atom. The van der Waals surface area contributed by atoms with Crippen LogP contribution in [0.5, 0.6) is 0 Å².